The molecule has 1 aromatic rings. The molecular formula is C15H24FN3O. The topological polar surface area (TPSA) is 49.6 Å². The van der Waals surface area contributed by atoms with Crippen molar-refractivity contribution in [2.45, 2.75) is 19.3 Å². The Labute approximate surface area is 120 Å². The fraction of sp³-hybridized carbons (Fsp3) is 0.533. The minimum absolute atomic E-state index is 0.0947. The van der Waals surface area contributed by atoms with E-state index in [9.17, 15) is 9.18 Å². The van der Waals surface area contributed by atoms with Crippen molar-refractivity contribution >= 4 is 11.6 Å². The summed E-state index contributed by atoms with van der Waals surface area (Å²) in [5.41, 5.74) is 6.11. The van der Waals surface area contributed by atoms with E-state index in [1.54, 1.807) is 31.1 Å². The fourth-order valence-corrected chi connectivity index (χ4v) is 1.99. The molecular weight excluding hydrogens is 257 g/mol. The fourth-order valence-electron chi connectivity index (χ4n) is 1.99. The first kappa shape index (κ1) is 16.4. The zero-order valence-corrected chi connectivity index (χ0v) is 12.3. The van der Waals surface area contributed by atoms with Gasteiger partial charge in [-0.3, -0.25) is 4.79 Å². The highest BCUT2D eigenvalue weighted by molar-refractivity contribution is 5.75. The molecule has 0 aliphatic heterocycles. The number of carbonyl (C=O) groups excluding carboxylic acids is 1. The molecule has 0 spiro atoms. The van der Waals surface area contributed by atoms with Crippen LogP contribution in [0.3, 0.4) is 0 Å². The number of rotatable bonds is 8. The molecule has 1 rings (SSSR count). The molecule has 0 saturated heterocycles. The molecule has 0 atom stereocenters. The molecule has 2 N–H and O–H groups in total. The predicted octanol–water partition coefficient (Wildman–Crippen LogP) is 1.85. The van der Waals surface area contributed by atoms with Crippen LogP contribution in [-0.4, -0.2) is 44.5 Å². The molecule has 0 fully saturated rings. The number of halogens is 1. The molecule has 0 heterocycles. The monoisotopic (exact) mass is 281 g/mol. The second-order valence-corrected chi connectivity index (χ2v) is 4.97. The van der Waals surface area contributed by atoms with Crippen molar-refractivity contribution in [2.75, 3.05) is 38.6 Å². The maximum Gasteiger partial charge on any atom is 0.222 e. The third-order valence-corrected chi connectivity index (χ3v) is 3.14. The van der Waals surface area contributed by atoms with Gasteiger partial charge >= 0.3 is 0 Å². The molecule has 0 unspecified atom stereocenters. The van der Waals surface area contributed by atoms with Crippen LogP contribution < -0.4 is 10.6 Å². The largest absolute Gasteiger partial charge is 0.369 e. The zero-order valence-electron chi connectivity index (χ0n) is 12.3. The molecule has 0 aromatic heterocycles. The summed E-state index contributed by atoms with van der Waals surface area (Å²) in [4.78, 5) is 15.1. The second-order valence-electron chi connectivity index (χ2n) is 4.97. The van der Waals surface area contributed by atoms with Gasteiger partial charge in [0.1, 0.15) is 5.82 Å². The molecule has 0 aliphatic carbocycles. The Morgan fingerprint density at radius 1 is 1.20 bits per heavy atom. The van der Waals surface area contributed by atoms with Gasteiger partial charge < -0.3 is 15.5 Å². The number of hydrogen-bond acceptors (Lipinski definition) is 3. The highest BCUT2D eigenvalue weighted by atomic mass is 19.1. The average molecular weight is 281 g/mol. The van der Waals surface area contributed by atoms with Gasteiger partial charge in [0.25, 0.3) is 0 Å². The second kappa shape index (κ2) is 8.53. The Hall–Kier alpha value is -1.62. The summed E-state index contributed by atoms with van der Waals surface area (Å²) < 4.78 is 13.8. The quantitative estimate of drug-likeness (QED) is 0.791. The van der Waals surface area contributed by atoms with Crippen molar-refractivity contribution in [3.63, 3.8) is 0 Å². The van der Waals surface area contributed by atoms with Crippen molar-refractivity contribution in [2.24, 2.45) is 5.73 Å². The van der Waals surface area contributed by atoms with Crippen molar-refractivity contribution in [3.05, 3.63) is 30.1 Å². The molecule has 0 radical (unpaired) electrons. The van der Waals surface area contributed by atoms with E-state index < -0.39 is 0 Å². The minimum atomic E-state index is -0.233. The molecule has 20 heavy (non-hydrogen) atoms. The van der Waals surface area contributed by atoms with Crippen LogP contribution in [0, 0.1) is 5.82 Å². The summed E-state index contributed by atoms with van der Waals surface area (Å²) in [5, 5.41) is 0. The molecule has 0 saturated carbocycles. The van der Waals surface area contributed by atoms with Crippen molar-refractivity contribution in [3.8, 4) is 0 Å². The van der Waals surface area contributed by atoms with Crippen molar-refractivity contribution < 1.29 is 9.18 Å². The van der Waals surface area contributed by atoms with Gasteiger partial charge in [0, 0.05) is 33.6 Å². The van der Waals surface area contributed by atoms with E-state index in [0.717, 1.165) is 6.42 Å². The van der Waals surface area contributed by atoms with Crippen LogP contribution in [0.15, 0.2) is 24.3 Å². The molecule has 0 bridgehead atoms. The predicted molar refractivity (Wildman–Crippen MR) is 80.2 cm³/mol. The van der Waals surface area contributed by atoms with Crippen LogP contribution in [0.25, 0.3) is 0 Å². The minimum Gasteiger partial charge on any atom is -0.369 e. The first-order valence-electron chi connectivity index (χ1n) is 6.96. The Balaban J connectivity index is 2.61. The van der Waals surface area contributed by atoms with E-state index in [-0.39, 0.29) is 11.7 Å². The van der Waals surface area contributed by atoms with Crippen LogP contribution in [0.4, 0.5) is 10.1 Å². The first-order chi connectivity index (χ1) is 9.56. The number of benzene rings is 1. The number of anilines is 1. The number of hydrogen-bond donors (Lipinski definition) is 1. The van der Waals surface area contributed by atoms with Gasteiger partial charge in [0.05, 0.1) is 5.69 Å². The normalized spacial score (nSPS) is 10.4. The van der Waals surface area contributed by atoms with Crippen LogP contribution >= 0.6 is 0 Å². The number of nitrogens with zero attached hydrogens (tertiary/aromatic N) is 2. The maximum absolute atomic E-state index is 13.8. The number of carbonyl (C=O) groups is 1. The van der Waals surface area contributed by atoms with E-state index in [4.69, 9.17) is 5.73 Å². The summed E-state index contributed by atoms with van der Waals surface area (Å²) in [6.07, 6.45) is 1.98. The Morgan fingerprint density at radius 2 is 1.85 bits per heavy atom. The van der Waals surface area contributed by atoms with Gasteiger partial charge in [-0.2, -0.15) is 0 Å². The molecule has 0 aliphatic rings. The number of nitrogens with two attached hydrogens (primary N) is 1. The molecule has 4 nitrogen and oxygen atoms in total. The van der Waals surface area contributed by atoms with E-state index in [1.165, 1.54) is 6.07 Å². The lowest BCUT2D eigenvalue weighted by Crippen LogP contribution is -2.29. The van der Waals surface area contributed by atoms with Gasteiger partial charge in [0.2, 0.25) is 5.91 Å². The van der Waals surface area contributed by atoms with E-state index >= 15 is 0 Å². The summed E-state index contributed by atoms with van der Waals surface area (Å²) in [7, 11) is 3.48. The Bertz CT molecular complexity index is 423. The highest BCUT2D eigenvalue weighted by Gasteiger charge is 2.11. The van der Waals surface area contributed by atoms with Gasteiger partial charge in [-0.25, -0.2) is 4.39 Å². The van der Waals surface area contributed by atoms with Crippen LogP contribution in [0.5, 0.6) is 0 Å². The Kier molecular flexibility index (Phi) is 7.01. The Morgan fingerprint density at radius 3 is 2.45 bits per heavy atom. The SMILES string of the molecule is CN(C)C(=O)CCCN(CCCN)c1ccccc1F. The van der Waals surface area contributed by atoms with Gasteiger partial charge in [-0.15, -0.1) is 0 Å². The smallest absolute Gasteiger partial charge is 0.222 e. The van der Waals surface area contributed by atoms with Crippen LogP contribution in [0.1, 0.15) is 19.3 Å². The average Bonchev–Trinajstić information content (AvgIpc) is 2.43. The molecule has 1 aromatic carbocycles. The lowest BCUT2D eigenvalue weighted by molar-refractivity contribution is -0.128. The van der Waals surface area contributed by atoms with Gasteiger partial charge in [-0.05, 0) is 31.5 Å². The summed E-state index contributed by atoms with van der Waals surface area (Å²) >= 11 is 0. The number of amides is 1. The highest BCUT2D eigenvalue weighted by Crippen LogP contribution is 2.19. The van der Waals surface area contributed by atoms with E-state index in [0.29, 0.717) is 38.2 Å². The van der Waals surface area contributed by atoms with E-state index in [1.807, 2.05) is 11.0 Å². The first-order valence-corrected chi connectivity index (χ1v) is 6.96. The molecule has 112 valence electrons. The summed E-state index contributed by atoms with van der Waals surface area (Å²) in [5.74, 6) is -0.138. The van der Waals surface area contributed by atoms with Gasteiger partial charge in [-0.1, -0.05) is 12.1 Å². The van der Waals surface area contributed by atoms with Crippen LogP contribution in [0.2, 0.25) is 0 Å². The van der Waals surface area contributed by atoms with Crippen molar-refractivity contribution in [1.82, 2.24) is 4.90 Å². The van der Waals surface area contributed by atoms with Crippen LogP contribution in [-0.2, 0) is 4.79 Å². The maximum atomic E-state index is 13.8. The number of para-hydroxylation sites is 1. The molecule has 1 amide bonds. The lowest BCUT2D eigenvalue weighted by Gasteiger charge is -2.25. The third-order valence-electron chi connectivity index (χ3n) is 3.14. The lowest BCUT2D eigenvalue weighted by atomic mass is 10.2. The van der Waals surface area contributed by atoms with E-state index in [2.05, 4.69) is 0 Å². The van der Waals surface area contributed by atoms with Gasteiger partial charge in [0.15, 0.2) is 0 Å². The molecule has 5 heteroatoms. The standard InChI is InChI=1S/C15H24FN3O/c1-18(2)15(20)9-5-11-19(12-6-10-17)14-8-4-3-7-13(14)16/h3-4,7-8H,5-6,9-12,17H2,1-2H3. The summed E-state index contributed by atoms with van der Waals surface area (Å²) in [6, 6.07) is 6.71. The summed E-state index contributed by atoms with van der Waals surface area (Å²) in [6.45, 7) is 1.93. The van der Waals surface area contributed by atoms with Crippen molar-refractivity contribution in [1.29, 1.82) is 0 Å². The third kappa shape index (κ3) is 5.17. The zero-order chi connectivity index (χ0) is 15.0.